The number of benzene rings is 1. The van der Waals surface area contributed by atoms with Crippen LogP contribution in [0.25, 0.3) is 0 Å². The molecule has 1 aromatic heterocycles. The van der Waals surface area contributed by atoms with Crippen LogP contribution in [0, 0.1) is 5.82 Å². The third-order valence-electron chi connectivity index (χ3n) is 4.69. The average Bonchev–Trinajstić information content (AvgIpc) is 3.08. The van der Waals surface area contributed by atoms with Crippen LogP contribution in [0.1, 0.15) is 42.3 Å². The number of nitrogens with zero attached hydrogens (tertiary/aromatic N) is 1. The van der Waals surface area contributed by atoms with E-state index in [2.05, 4.69) is 30.6 Å². The summed E-state index contributed by atoms with van der Waals surface area (Å²) in [6, 6.07) is 8.80. The lowest BCUT2D eigenvalue weighted by Gasteiger charge is -2.36. The molecule has 24 heavy (non-hydrogen) atoms. The number of fused-ring (bicyclic) bond motifs is 1. The van der Waals surface area contributed by atoms with Crippen molar-refractivity contribution in [3.05, 3.63) is 57.5 Å². The molecular formula is C19H23FN2OS. The number of nitrogens with one attached hydrogen (secondary N) is 1. The van der Waals surface area contributed by atoms with Gasteiger partial charge in [-0.15, -0.1) is 11.3 Å². The molecule has 2 heterocycles. The molecule has 0 radical (unpaired) electrons. The van der Waals surface area contributed by atoms with Crippen molar-refractivity contribution in [1.82, 2.24) is 10.2 Å². The highest BCUT2D eigenvalue weighted by Gasteiger charge is 2.32. The third kappa shape index (κ3) is 3.52. The zero-order chi connectivity index (χ0) is 17.1. The highest BCUT2D eigenvalue weighted by Crippen LogP contribution is 2.37. The molecule has 1 amide bonds. The number of rotatable bonds is 5. The van der Waals surface area contributed by atoms with Crippen molar-refractivity contribution in [2.75, 3.05) is 13.1 Å². The summed E-state index contributed by atoms with van der Waals surface area (Å²) >= 11 is 1.73. The van der Waals surface area contributed by atoms with Gasteiger partial charge in [0, 0.05) is 17.5 Å². The second kappa shape index (κ2) is 7.45. The van der Waals surface area contributed by atoms with E-state index in [0.717, 1.165) is 18.4 Å². The largest absolute Gasteiger partial charge is 0.330 e. The molecule has 2 unspecified atom stereocenters. The van der Waals surface area contributed by atoms with Crippen LogP contribution in [0.5, 0.6) is 0 Å². The van der Waals surface area contributed by atoms with E-state index in [1.54, 1.807) is 23.5 Å². The second-order valence-corrected chi connectivity index (χ2v) is 7.28. The molecular weight excluding hydrogens is 323 g/mol. The SMILES string of the molecule is CCC(C)NCC(=O)N1CCc2sccc2C1c1ccc(F)cc1. The van der Waals surface area contributed by atoms with Crippen LogP contribution < -0.4 is 5.32 Å². The number of carbonyl (C=O) groups is 1. The van der Waals surface area contributed by atoms with Crippen LogP contribution in [0.3, 0.4) is 0 Å². The van der Waals surface area contributed by atoms with Crippen molar-refractivity contribution in [2.24, 2.45) is 0 Å². The smallest absolute Gasteiger partial charge is 0.237 e. The fraction of sp³-hybridized carbons (Fsp3) is 0.421. The molecule has 0 bridgehead atoms. The minimum absolute atomic E-state index is 0.0986. The Bertz CT molecular complexity index is 698. The zero-order valence-electron chi connectivity index (χ0n) is 14.1. The summed E-state index contributed by atoms with van der Waals surface area (Å²) in [7, 11) is 0. The maximum atomic E-state index is 13.3. The van der Waals surface area contributed by atoms with Gasteiger partial charge >= 0.3 is 0 Å². The van der Waals surface area contributed by atoms with Crippen molar-refractivity contribution in [1.29, 1.82) is 0 Å². The van der Waals surface area contributed by atoms with Crippen LogP contribution >= 0.6 is 11.3 Å². The lowest BCUT2D eigenvalue weighted by molar-refractivity contribution is -0.132. The maximum Gasteiger partial charge on any atom is 0.237 e. The molecule has 3 rings (SSSR count). The van der Waals surface area contributed by atoms with Gasteiger partial charge in [-0.25, -0.2) is 4.39 Å². The third-order valence-corrected chi connectivity index (χ3v) is 5.68. The van der Waals surface area contributed by atoms with Crippen LogP contribution in [0.2, 0.25) is 0 Å². The fourth-order valence-corrected chi connectivity index (χ4v) is 4.00. The van der Waals surface area contributed by atoms with E-state index in [9.17, 15) is 9.18 Å². The first-order chi connectivity index (χ1) is 11.6. The molecule has 2 aromatic rings. The Morgan fingerprint density at radius 2 is 2.12 bits per heavy atom. The lowest BCUT2D eigenvalue weighted by Crippen LogP contribution is -2.45. The van der Waals surface area contributed by atoms with E-state index < -0.39 is 0 Å². The van der Waals surface area contributed by atoms with Gasteiger partial charge in [0.05, 0.1) is 12.6 Å². The Hall–Kier alpha value is -1.72. The minimum atomic E-state index is -0.253. The lowest BCUT2D eigenvalue weighted by atomic mass is 9.93. The first-order valence-electron chi connectivity index (χ1n) is 8.44. The zero-order valence-corrected chi connectivity index (χ0v) is 14.9. The molecule has 0 aliphatic carbocycles. The molecule has 5 heteroatoms. The quantitative estimate of drug-likeness (QED) is 0.894. The standard InChI is InChI=1S/C19H23FN2OS/c1-3-13(2)21-12-18(23)22-10-8-17-16(9-11-24-17)19(22)14-4-6-15(20)7-5-14/h4-7,9,11,13,19,21H,3,8,10,12H2,1-2H3. The van der Waals surface area contributed by atoms with Gasteiger partial charge < -0.3 is 10.2 Å². The number of hydrogen-bond donors (Lipinski definition) is 1. The van der Waals surface area contributed by atoms with Gasteiger partial charge in [-0.05, 0) is 54.5 Å². The van der Waals surface area contributed by atoms with Gasteiger partial charge in [0.2, 0.25) is 5.91 Å². The Balaban J connectivity index is 1.87. The maximum absolute atomic E-state index is 13.3. The van der Waals surface area contributed by atoms with Crippen LogP contribution in [0.15, 0.2) is 35.7 Å². The highest BCUT2D eigenvalue weighted by molar-refractivity contribution is 7.10. The van der Waals surface area contributed by atoms with Gasteiger partial charge in [0.25, 0.3) is 0 Å². The molecule has 0 fully saturated rings. The van der Waals surface area contributed by atoms with E-state index >= 15 is 0 Å². The molecule has 2 atom stereocenters. The molecule has 0 spiro atoms. The van der Waals surface area contributed by atoms with E-state index in [4.69, 9.17) is 0 Å². The molecule has 1 aliphatic rings. The number of amides is 1. The number of halogens is 1. The van der Waals surface area contributed by atoms with Gasteiger partial charge in [0.15, 0.2) is 0 Å². The first-order valence-corrected chi connectivity index (χ1v) is 9.32. The Morgan fingerprint density at radius 3 is 2.83 bits per heavy atom. The van der Waals surface area contributed by atoms with Crippen molar-refractivity contribution in [3.63, 3.8) is 0 Å². The summed E-state index contributed by atoms with van der Waals surface area (Å²) in [5.41, 5.74) is 2.14. The molecule has 1 aromatic carbocycles. The van der Waals surface area contributed by atoms with Crippen molar-refractivity contribution < 1.29 is 9.18 Å². The first kappa shape index (κ1) is 17.1. The summed E-state index contributed by atoms with van der Waals surface area (Å²) in [5.74, 6) is -0.155. The second-order valence-electron chi connectivity index (χ2n) is 6.28. The molecule has 3 nitrogen and oxygen atoms in total. The molecule has 1 aliphatic heterocycles. The number of thiophene rings is 1. The fourth-order valence-electron chi connectivity index (χ4n) is 3.10. The van der Waals surface area contributed by atoms with E-state index in [0.29, 0.717) is 19.1 Å². The van der Waals surface area contributed by atoms with Gasteiger partial charge in [0.1, 0.15) is 5.82 Å². The van der Waals surface area contributed by atoms with Crippen molar-refractivity contribution in [3.8, 4) is 0 Å². The van der Waals surface area contributed by atoms with Gasteiger partial charge in [-0.3, -0.25) is 4.79 Å². The highest BCUT2D eigenvalue weighted by atomic mass is 32.1. The number of hydrogen-bond acceptors (Lipinski definition) is 3. The minimum Gasteiger partial charge on any atom is -0.330 e. The number of carbonyl (C=O) groups excluding carboxylic acids is 1. The van der Waals surface area contributed by atoms with Gasteiger partial charge in [-0.1, -0.05) is 19.1 Å². The summed E-state index contributed by atoms with van der Waals surface area (Å²) in [4.78, 5) is 16.0. The van der Waals surface area contributed by atoms with E-state index in [1.165, 1.54) is 22.6 Å². The van der Waals surface area contributed by atoms with Crippen LogP contribution in [-0.2, 0) is 11.2 Å². The van der Waals surface area contributed by atoms with Crippen LogP contribution in [-0.4, -0.2) is 29.9 Å². The topological polar surface area (TPSA) is 32.3 Å². The molecule has 0 saturated heterocycles. The average molecular weight is 346 g/mol. The normalized spacial score (nSPS) is 18.3. The summed E-state index contributed by atoms with van der Waals surface area (Å²) in [6.45, 7) is 5.22. The summed E-state index contributed by atoms with van der Waals surface area (Å²) in [6.07, 6.45) is 1.88. The predicted molar refractivity (Wildman–Crippen MR) is 95.7 cm³/mol. The Labute approximate surface area is 146 Å². The Kier molecular flexibility index (Phi) is 5.31. The van der Waals surface area contributed by atoms with E-state index in [-0.39, 0.29) is 17.8 Å². The molecule has 1 N–H and O–H groups in total. The summed E-state index contributed by atoms with van der Waals surface area (Å²) in [5, 5.41) is 5.36. The predicted octanol–water partition coefficient (Wildman–Crippen LogP) is 3.75. The van der Waals surface area contributed by atoms with Gasteiger partial charge in [-0.2, -0.15) is 0 Å². The van der Waals surface area contributed by atoms with Crippen molar-refractivity contribution in [2.45, 2.75) is 38.8 Å². The van der Waals surface area contributed by atoms with E-state index in [1.807, 2.05) is 4.90 Å². The van der Waals surface area contributed by atoms with Crippen LogP contribution in [0.4, 0.5) is 4.39 Å². The molecule has 0 saturated carbocycles. The monoisotopic (exact) mass is 346 g/mol. The summed E-state index contributed by atoms with van der Waals surface area (Å²) < 4.78 is 13.3. The van der Waals surface area contributed by atoms with Crippen molar-refractivity contribution >= 4 is 17.2 Å². The Morgan fingerprint density at radius 1 is 1.38 bits per heavy atom. The molecule has 128 valence electrons.